The Hall–Kier alpha value is -1.77. The first kappa shape index (κ1) is 29.7. The van der Waals surface area contributed by atoms with Crippen molar-refractivity contribution in [3.63, 3.8) is 0 Å². The second-order valence-corrected chi connectivity index (χ2v) is 12.5. The lowest BCUT2D eigenvalue weighted by atomic mass is 9.92. The summed E-state index contributed by atoms with van der Waals surface area (Å²) in [6, 6.07) is 0.867. The number of hydrogen-bond acceptors (Lipinski definition) is 9. The molecule has 2 aromatic rings. The molecular weight excluding hydrogens is 529 g/mol. The fourth-order valence-corrected chi connectivity index (χ4v) is 7.29. The average Bonchev–Trinajstić information content (AvgIpc) is 3.42. The molecule has 1 unspecified atom stereocenters. The molecule has 3 heterocycles. The van der Waals surface area contributed by atoms with Gasteiger partial charge in [-0.2, -0.15) is 0 Å². The number of imidazole rings is 1. The highest BCUT2D eigenvalue weighted by Gasteiger charge is 2.42. The molecule has 1 N–H and O–H groups in total. The van der Waals surface area contributed by atoms with Crippen LogP contribution in [0, 0.1) is 13.5 Å². The lowest BCUT2D eigenvalue weighted by Gasteiger charge is -2.48. The van der Waals surface area contributed by atoms with Crippen molar-refractivity contribution in [3.05, 3.63) is 29.8 Å². The first-order chi connectivity index (χ1) is 20.2. The Kier molecular flexibility index (Phi) is 11.5. The average molecular weight is 581 g/mol. The third-order valence-electron chi connectivity index (χ3n) is 7.30. The Morgan fingerprint density at radius 1 is 1.27 bits per heavy atom. The van der Waals surface area contributed by atoms with Crippen LogP contribution in [0.4, 0.5) is 0 Å². The first-order valence-corrected chi connectivity index (χ1v) is 15.3. The van der Waals surface area contributed by atoms with Crippen molar-refractivity contribution in [1.29, 1.82) is 1.43 Å². The molecule has 3 atom stereocenters. The van der Waals surface area contributed by atoms with Gasteiger partial charge in [-0.05, 0) is 54.4 Å². The van der Waals surface area contributed by atoms with Crippen LogP contribution in [0.15, 0.2) is 12.7 Å². The van der Waals surface area contributed by atoms with E-state index in [1.54, 1.807) is 12.7 Å². The molecule has 0 amide bonds. The van der Waals surface area contributed by atoms with Crippen LogP contribution in [0.25, 0.3) is 16.0 Å². The summed E-state index contributed by atoms with van der Waals surface area (Å²) in [4.78, 5) is 19.4. The van der Waals surface area contributed by atoms with Crippen LogP contribution < -0.4 is 0 Å². The SMILES string of the molecule is [2H]C[C@@]1(COP(OCC[N+]#[C-])N(C(C)C)C(C)C)CN(C2CCCCC2)C[C@H](n2cnc3c(C)ncnc32)O1.[3H]OC. The summed E-state index contributed by atoms with van der Waals surface area (Å²) in [5.74, 6) is 0. The van der Waals surface area contributed by atoms with Crippen molar-refractivity contribution in [3.8, 4) is 0 Å². The van der Waals surface area contributed by atoms with E-state index in [1.807, 2.05) is 11.5 Å². The number of ether oxygens (including phenoxy) is 1. The zero-order valence-electron chi connectivity index (χ0n) is 27.0. The molecule has 12 heteroatoms. The molecule has 0 spiro atoms. The zero-order valence-corrected chi connectivity index (χ0v) is 25.8. The monoisotopic (exact) mass is 580 g/mol. The van der Waals surface area contributed by atoms with Gasteiger partial charge >= 0.3 is 0 Å². The van der Waals surface area contributed by atoms with Crippen molar-refractivity contribution in [1.82, 2.24) is 29.1 Å². The van der Waals surface area contributed by atoms with Crippen molar-refractivity contribution < 1.29 is 20.3 Å². The van der Waals surface area contributed by atoms with Gasteiger partial charge in [-0.25, -0.2) is 26.2 Å². The molecule has 1 saturated heterocycles. The molecule has 0 aromatic carbocycles. The van der Waals surface area contributed by atoms with Gasteiger partial charge in [0.2, 0.25) is 7.98 Å². The highest BCUT2D eigenvalue weighted by molar-refractivity contribution is 7.44. The number of nitrogens with zero attached hydrogens (tertiary/aromatic N) is 7. The minimum Gasteiger partial charge on any atom is -0.400 e. The summed E-state index contributed by atoms with van der Waals surface area (Å²) in [6.45, 7) is 19.8. The van der Waals surface area contributed by atoms with E-state index in [9.17, 15) is 0 Å². The number of fused-ring (bicyclic) bond motifs is 1. The van der Waals surface area contributed by atoms with E-state index in [0.717, 1.165) is 29.7 Å². The molecule has 11 nitrogen and oxygen atoms in total. The Balaban J connectivity index is 0.00000155. The summed E-state index contributed by atoms with van der Waals surface area (Å²) in [6.07, 6.45) is 9.07. The van der Waals surface area contributed by atoms with E-state index in [1.165, 1.54) is 26.4 Å². The van der Waals surface area contributed by atoms with Gasteiger partial charge in [0.05, 0.1) is 18.6 Å². The predicted molar refractivity (Wildman–Crippen MR) is 158 cm³/mol. The number of aliphatic hydroxyl groups is 1. The maximum absolute atomic E-state index is 8.68. The number of rotatable bonds is 11. The molecule has 0 radical (unpaired) electrons. The van der Waals surface area contributed by atoms with Crippen LogP contribution in [-0.2, 0) is 13.8 Å². The van der Waals surface area contributed by atoms with Crippen LogP contribution in [-0.4, -0.2) is 99.3 Å². The fraction of sp³-hybridized carbons (Fsp3) is 0.786. The maximum Gasteiger partial charge on any atom is 0.259 e. The Bertz CT molecular complexity index is 1120. The Morgan fingerprint density at radius 3 is 2.65 bits per heavy atom. The third-order valence-corrected chi connectivity index (χ3v) is 9.35. The molecule has 1 saturated carbocycles. The van der Waals surface area contributed by atoms with E-state index in [-0.39, 0.29) is 31.8 Å². The molecule has 0 bridgehead atoms. The predicted octanol–water partition coefficient (Wildman–Crippen LogP) is 4.96. The van der Waals surface area contributed by atoms with Crippen LogP contribution >= 0.6 is 8.53 Å². The van der Waals surface area contributed by atoms with Gasteiger partial charge in [0.1, 0.15) is 30.3 Å². The van der Waals surface area contributed by atoms with Crippen LogP contribution in [0.5, 0.6) is 0 Å². The summed E-state index contributed by atoms with van der Waals surface area (Å²) in [5, 5.41) is 3.50. The van der Waals surface area contributed by atoms with Crippen molar-refractivity contribution in [2.24, 2.45) is 0 Å². The van der Waals surface area contributed by atoms with Crippen molar-refractivity contribution in [2.45, 2.75) is 104 Å². The van der Waals surface area contributed by atoms with Crippen LogP contribution in [0.3, 0.4) is 0 Å². The molecular formula is C28H48N7O4P. The van der Waals surface area contributed by atoms with Gasteiger partial charge in [0.25, 0.3) is 8.53 Å². The number of aryl methyl sites for hydroxylation is 1. The van der Waals surface area contributed by atoms with Crippen LogP contribution in [0.2, 0.25) is 0 Å². The molecule has 1 aliphatic heterocycles. The zero-order chi connectivity index (χ0) is 30.7. The largest absolute Gasteiger partial charge is 0.400 e. The number of aliphatic hydroxyl groups excluding tert-OH is 1. The van der Waals surface area contributed by atoms with Gasteiger partial charge in [0, 0.05) is 39.7 Å². The Labute approximate surface area is 243 Å². The van der Waals surface area contributed by atoms with Gasteiger partial charge in [0.15, 0.2) is 5.65 Å². The minimum absolute atomic E-state index is 0.0575. The molecule has 4 rings (SSSR count). The van der Waals surface area contributed by atoms with E-state index in [0.29, 0.717) is 32.3 Å². The standard InChI is InChI=1S/C27H44N7O3P.CH4O/c1-20(2)34(21(3)4)38(35-14-13-28-7)36-17-27(6)16-32(23-11-9-8-10-12-23)15-24(37-27)33-19-31-25-22(5)29-18-30-26(25)33;1-2/h18-21,23-24H,8-17H2,1-6H3;2H,1H3/t24-,27+,38?;/m1./s1/i6D;2T. The van der Waals surface area contributed by atoms with Gasteiger partial charge in [-0.1, -0.05) is 19.3 Å². The van der Waals surface area contributed by atoms with Gasteiger partial charge in [-0.3, -0.25) is 9.47 Å². The summed E-state index contributed by atoms with van der Waals surface area (Å²) in [7, 11) is -0.138. The molecule has 224 valence electrons. The fourth-order valence-electron chi connectivity index (χ4n) is 5.61. The summed E-state index contributed by atoms with van der Waals surface area (Å²) >= 11 is 0. The van der Waals surface area contributed by atoms with Gasteiger partial charge < -0.3 is 23.7 Å². The lowest BCUT2D eigenvalue weighted by Crippen LogP contribution is -2.57. The van der Waals surface area contributed by atoms with Crippen LogP contribution in [0.1, 0.15) is 80.0 Å². The van der Waals surface area contributed by atoms with Crippen molar-refractivity contribution in [2.75, 3.05) is 40.0 Å². The van der Waals surface area contributed by atoms with E-state index < -0.39 is 14.1 Å². The lowest BCUT2D eigenvalue weighted by molar-refractivity contribution is -0.195. The molecule has 2 aliphatic rings. The summed E-state index contributed by atoms with van der Waals surface area (Å²) in [5.41, 5.74) is 1.50. The third kappa shape index (κ3) is 8.16. The number of hydrogen-bond donors (Lipinski definition) is 1. The smallest absolute Gasteiger partial charge is 0.259 e. The van der Waals surface area contributed by atoms with E-state index in [2.05, 4.69) is 62.2 Å². The molecule has 40 heavy (non-hydrogen) atoms. The number of morpholine rings is 1. The molecule has 1 aliphatic carbocycles. The van der Waals surface area contributed by atoms with Crippen molar-refractivity contribution >= 4 is 19.7 Å². The van der Waals surface area contributed by atoms with E-state index in [4.69, 9.17) is 23.2 Å². The Morgan fingerprint density at radius 2 is 2.00 bits per heavy atom. The molecule has 2 fully saturated rings. The quantitative estimate of drug-likeness (QED) is 0.224. The highest BCUT2D eigenvalue weighted by atomic mass is 31.2. The van der Waals surface area contributed by atoms with Gasteiger partial charge in [-0.15, -0.1) is 0 Å². The van der Waals surface area contributed by atoms with E-state index >= 15 is 0 Å². The molecule has 2 aromatic heterocycles. The maximum atomic E-state index is 8.68. The first-order valence-electron chi connectivity index (χ1n) is 15.3. The topological polar surface area (TPSA) is 102 Å². The highest BCUT2D eigenvalue weighted by Crippen LogP contribution is 2.47. The second-order valence-electron chi connectivity index (χ2n) is 11.1. The number of aromatic nitrogens is 4. The second kappa shape index (κ2) is 15.5. The normalized spacial score (nSPS) is 24.1. The summed E-state index contributed by atoms with van der Waals surface area (Å²) < 4.78 is 38.1. The minimum atomic E-state index is -1.43.